The number of H-pyrrole nitrogens is 1. The van der Waals surface area contributed by atoms with Crippen molar-refractivity contribution in [2.24, 2.45) is 0 Å². The van der Waals surface area contributed by atoms with Gasteiger partial charge in [-0.15, -0.1) is 0 Å². The predicted octanol–water partition coefficient (Wildman–Crippen LogP) is 2.04. The predicted molar refractivity (Wildman–Crippen MR) is 83.4 cm³/mol. The van der Waals surface area contributed by atoms with E-state index in [1.807, 2.05) is 13.0 Å². The molecule has 0 unspecified atom stereocenters. The number of hydrogen-bond acceptors (Lipinski definition) is 2. The van der Waals surface area contributed by atoms with Crippen molar-refractivity contribution in [3.8, 4) is 0 Å². The zero-order valence-corrected chi connectivity index (χ0v) is 13.0. The monoisotopic (exact) mass is 305 g/mol. The maximum atomic E-state index is 14.1. The quantitative estimate of drug-likeness (QED) is 0.791. The van der Waals surface area contributed by atoms with Crippen LogP contribution in [0, 0.1) is 12.7 Å². The first-order valence-corrected chi connectivity index (χ1v) is 7.21. The Morgan fingerprint density at radius 3 is 2.59 bits per heavy atom. The average Bonchev–Trinajstić information content (AvgIpc) is 2.85. The summed E-state index contributed by atoms with van der Waals surface area (Å²) in [5.74, 6) is -0.718. The lowest BCUT2D eigenvalue weighted by molar-refractivity contribution is -0.120. The van der Waals surface area contributed by atoms with Gasteiger partial charge in [-0.1, -0.05) is 0 Å². The molecule has 0 aliphatic rings. The van der Waals surface area contributed by atoms with Crippen molar-refractivity contribution in [2.75, 3.05) is 14.1 Å². The normalized spacial score (nSPS) is 10.7. The highest BCUT2D eigenvalue weighted by Gasteiger charge is 2.19. The van der Waals surface area contributed by atoms with Crippen molar-refractivity contribution in [2.45, 2.75) is 26.2 Å². The number of nitrogens with one attached hydrogen (secondary N) is 3. The number of fused-ring (bicyclic) bond motifs is 1. The molecule has 1 aromatic heterocycles. The summed E-state index contributed by atoms with van der Waals surface area (Å²) in [6, 6.07) is 3.29. The number of benzene rings is 1. The third kappa shape index (κ3) is 3.10. The molecule has 2 aromatic rings. The van der Waals surface area contributed by atoms with Crippen LogP contribution in [-0.2, 0) is 11.2 Å². The summed E-state index contributed by atoms with van der Waals surface area (Å²) in [5, 5.41) is 5.82. The van der Waals surface area contributed by atoms with Crippen molar-refractivity contribution in [3.63, 3.8) is 0 Å². The van der Waals surface area contributed by atoms with Gasteiger partial charge in [0.1, 0.15) is 11.5 Å². The fourth-order valence-corrected chi connectivity index (χ4v) is 2.57. The molecule has 0 radical (unpaired) electrons. The first kappa shape index (κ1) is 16.0. The zero-order valence-electron chi connectivity index (χ0n) is 13.0. The molecule has 5 nitrogen and oxygen atoms in total. The number of amides is 2. The van der Waals surface area contributed by atoms with Gasteiger partial charge in [-0.25, -0.2) is 4.39 Å². The summed E-state index contributed by atoms with van der Waals surface area (Å²) in [7, 11) is 3.12. The Kier molecular flexibility index (Phi) is 4.80. The van der Waals surface area contributed by atoms with Crippen LogP contribution in [0.15, 0.2) is 12.1 Å². The van der Waals surface area contributed by atoms with E-state index < -0.39 is 0 Å². The lowest BCUT2D eigenvalue weighted by Crippen LogP contribution is -2.20. The van der Waals surface area contributed by atoms with E-state index in [4.69, 9.17) is 0 Å². The molecule has 0 saturated carbocycles. The summed E-state index contributed by atoms with van der Waals surface area (Å²) in [5.41, 5.74) is 2.24. The number of carbonyl (C=O) groups is 2. The topological polar surface area (TPSA) is 74.0 Å². The van der Waals surface area contributed by atoms with Gasteiger partial charge in [-0.3, -0.25) is 9.59 Å². The molecule has 0 saturated heterocycles. The van der Waals surface area contributed by atoms with Crippen molar-refractivity contribution < 1.29 is 14.0 Å². The van der Waals surface area contributed by atoms with Crippen molar-refractivity contribution in [3.05, 3.63) is 34.8 Å². The third-order valence-corrected chi connectivity index (χ3v) is 3.68. The molecule has 2 rings (SSSR count). The minimum absolute atomic E-state index is 0.0521. The van der Waals surface area contributed by atoms with Crippen LogP contribution in [0.5, 0.6) is 0 Å². The summed E-state index contributed by atoms with van der Waals surface area (Å²) >= 11 is 0. The van der Waals surface area contributed by atoms with Crippen LogP contribution in [0.3, 0.4) is 0 Å². The standard InChI is InChI=1S/C16H20FN3O2/c1-9-7-11-10(5-4-6-13(21)18-2)15(16(22)19-3)20-14(11)12(17)8-9/h7-8,20H,4-6H2,1-3H3,(H,18,21)(H,19,22). The van der Waals surface area contributed by atoms with E-state index in [0.717, 1.165) is 11.1 Å². The molecule has 3 N–H and O–H groups in total. The van der Waals surface area contributed by atoms with Crippen molar-refractivity contribution in [1.29, 1.82) is 0 Å². The molecule has 1 aromatic carbocycles. The highest BCUT2D eigenvalue weighted by atomic mass is 19.1. The van der Waals surface area contributed by atoms with Gasteiger partial charge in [-0.05, 0) is 43.0 Å². The van der Waals surface area contributed by atoms with E-state index in [1.165, 1.54) is 13.1 Å². The fraction of sp³-hybridized carbons (Fsp3) is 0.375. The lowest BCUT2D eigenvalue weighted by atomic mass is 10.0. The SMILES string of the molecule is CNC(=O)CCCc1c(C(=O)NC)[nH]c2c(F)cc(C)cc12. The maximum absolute atomic E-state index is 14.1. The van der Waals surface area contributed by atoms with Crippen LogP contribution < -0.4 is 10.6 Å². The van der Waals surface area contributed by atoms with Crippen LogP contribution in [0.2, 0.25) is 0 Å². The van der Waals surface area contributed by atoms with Crippen LogP contribution in [-0.4, -0.2) is 30.9 Å². The molecule has 0 aliphatic carbocycles. The molecule has 118 valence electrons. The molecule has 6 heteroatoms. The van der Waals surface area contributed by atoms with Gasteiger partial charge in [0.2, 0.25) is 5.91 Å². The first-order chi connectivity index (χ1) is 10.5. The summed E-state index contributed by atoms with van der Waals surface area (Å²) in [6.07, 6.45) is 1.48. The second kappa shape index (κ2) is 6.60. The number of halogens is 1. The molecule has 2 amide bonds. The summed E-state index contributed by atoms with van der Waals surface area (Å²) < 4.78 is 14.1. The highest BCUT2D eigenvalue weighted by molar-refractivity contribution is 6.01. The first-order valence-electron chi connectivity index (χ1n) is 7.21. The highest BCUT2D eigenvalue weighted by Crippen LogP contribution is 2.27. The fourth-order valence-electron chi connectivity index (χ4n) is 2.57. The number of aromatic nitrogens is 1. The number of hydrogen-bond donors (Lipinski definition) is 3. The molecule has 0 atom stereocenters. The van der Waals surface area contributed by atoms with Gasteiger partial charge in [0.15, 0.2) is 0 Å². The Morgan fingerprint density at radius 2 is 1.95 bits per heavy atom. The van der Waals surface area contributed by atoms with Crippen molar-refractivity contribution >= 4 is 22.7 Å². The van der Waals surface area contributed by atoms with Gasteiger partial charge in [0.05, 0.1) is 5.52 Å². The third-order valence-electron chi connectivity index (χ3n) is 3.68. The average molecular weight is 305 g/mol. The van der Waals surface area contributed by atoms with Gasteiger partial charge >= 0.3 is 0 Å². The molecule has 0 bridgehead atoms. The Morgan fingerprint density at radius 1 is 1.23 bits per heavy atom. The Balaban J connectivity index is 2.43. The number of rotatable bonds is 5. The van der Waals surface area contributed by atoms with E-state index in [1.54, 1.807) is 7.05 Å². The van der Waals surface area contributed by atoms with Gasteiger partial charge < -0.3 is 15.6 Å². The molecule has 22 heavy (non-hydrogen) atoms. The Hall–Kier alpha value is -2.37. The summed E-state index contributed by atoms with van der Waals surface area (Å²) in [4.78, 5) is 26.2. The largest absolute Gasteiger partial charge is 0.359 e. The zero-order chi connectivity index (χ0) is 16.3. The smallest absolute Gasteiger partial charge is 0.267 e. The molecular formula is C16H20FN3O2. The minimum Gasteiger partial charge on any atom is -0.359 e. The lowest BCUT2D eigenvalue weighted by Gasteiger charge is -2.04. The van der Waals surface area contributed by atoms with Crippen LogP contribution in [0.25, 0.3) is 10.9 Å². The van der Waals surface area contributed by atoms with Crippen molar-refractivity contribution in [1.82, 2.24) is 15.6 Å². The number of aryl methyl sites for hydroxylation is 2. The van der Waals surface area contributed by atoms with Gasteiger partial charge in [0, 0.05) is 25.9 Å². The molecule has 0 spiro atoms. The van der Waals surface area contributed by atoms with Gasteiger partial charge in [0.25, 0.3) is 5.91 Å². The van der Waals surface area contributed by atoms with E-state index in [2.05, 4.69) is 15.6 Å². The maximum Gasteiger partial charge on any atom is 0.267 e. The van der Waals surface area contributed by atoms with Crippen LogP contribution in [0.4, 0.5) is 4.39 Å². The Labute approximate surface area is 128 Å². The molecule has 0 fully saturated rings. The van der Waals surface area contributed by atoms with Crippen LogP contribution in [0.1, 0.15) is 34.5 Å². The van der Waals surface area contributed by atoms with E-state index in [-0.39, 0.29) is 17.6 Å². The summed E-state index contributed by atoms with van der Waals surface area (Å²) in [6.45, 7) is 1.81. The van der Waals surface area contributed by atoms with Gasteiger partial charge in [-0.2, -0.15) is 0 Å². The van der Waals surface area contributed by atoms with Crippen LogP contribution >= 0.6 is 0 Å². The Bertz CT molecular complexity index is 722. The second-order valence-corrected chi connectivity index (χ2v) is 5.25. The van der Waals surface area contributed by atoms with E-state index in [9.17, 15) is 14.0 Å². The number of carbonyl (C=O) groups excluding carboxylic acids is 2. The molecular weight excluding hydrogens is 285 g/mol. The molecule has 1 heterocycles. The minimum atomic E-state index is -0.377. The second-order valence-electron chi connectivity index (χ2n) is 5.25. The van der Waals surface area contributed by atoms with E-state index in [0.29, 0.717) is 35.9 Å². The molecule has 0 aliphatic heterocycles. The number of aromatic amines is 1. The van der Waals surface area contributed by atoms with E-state index >= 15 is 0 Å².